The molecule has 1 unspecified atom stereocenters. The third-order valence-electron chi connectivity index (χ3n) is 2.92. The summed E-state index contributed by atoms with van der Waals surface area (Å²) in [7, 11) is 0. The van der Waals surface area contributed by atoms with Crippen LogP contribution in [0.15, 0.2) is 24.3 Å². The fourth-order valence-corrected chi connectivity index (χ4v) is 1.82. The molecule has 0 aliphatic heterocycles. The van der Waals surface area contributed by atoms with Gasteiger partial charge in [0, 0.05) is 12.2 Å². The third kappa shape index (κ3) is 5.22. The number of hydrogen-bond donors (Lipinski definition) is 3. The molecule has 7 heteroatoms. The van der Waals surface area contributed by atoms with E-state index in [1.165, 1.54) is 12.1 Å². The zero-order valence-electron chi connectivity index (χ0n) is 13.9. The molecule has 0 saturated heterocycles. The molecular weight excluding hydrogens is 300 g/mol. The van der Waals surface area contributed by atoms with Crippen molar-refractivity contribution in [3.05, 3.63) is 29.8 Å². The first-order valence-corrected chi connectivity index (χ1v) is 7.32. The number of carbonyl (C=O) groups excluding carboxylic acids is 2. The lowest BCUT2D eigenvalue weighted by Crippen LogP contribution is -2.44. The van der Waals surface area contributed by atoms with E-state index < -0.39 is 23.3 Å². The van der Waals surface area contributed by atoms with E-state index in [4.69, 9.17) is 15.2 Å². The number of anilines is 1. The van der Waals surface area contributed by atoms with Crippen LogP contribution in [-0.4, -0.2) is 35.9 Å². The smallest absolute Gasteiger partial charge is 0.412 e. The summed E-state index contributed by atoms with van der Waals surface area (Å²) >= 11 is 0. The molecule has 1 atom stereocenters. The minimum Gasteiger partial charge on any atom is -0.464 e. The topological polar surface area (TPSA) is 111 Å². The molecule has 0 fully saturated rings. The van der Waals surface area contributed by atoms with Crippen LogP contribution in [0.25, 0.3) is 0 Å². The SMILES string of the molecule is CCOC(=O)C(O)(CN)c1ccc(NC(=O)OC(C)(C)C)cc1. The average molecular weight is 324 g/mol. The molecule has 0 bridgehead atoms. The van der Waals surface area contributed by atoms with Gasteiger partial charge in [-0.15, -0.1) is 0 Å². The van der Waals surface area contributed by atoms with Crippen molar-refractivity contribution in [3.63, 3.8) is 0 Å². The molecule has 1 amide bonds. The Bertz CT molecular complexity index is 551. The van der Waals surface area contributed by atoms with Crippen molar-refractivity contribution in [2.24, 2.45) is 5.73 Å². The van der Waals surface area contributed by atoms with Gasteiger partial charge in [0.2, 0.25) is 0 Å². The summed E-state index contributed by atoms with van der Waals surface area (Å²) in [5.74, 6) is -0.810. The van der Waals surface area contributed by atoms with E-state index >= 15 is 0 Å². The average Bonchev–Trinajstić information content (AvgIpc) is 2.45. The second kappa shape index (κ2) is 7.43. The van der Waals surface area contributed by atoms with E-state index in [1.54, 1.807) is 39.8 Å². The predicted octanol–water partition coefficient (Wildman–Crippen LogP) is 1.74. The van der Waals surface area contributed by atoms with E-state index in [0.717, 1.165) is 0 Å². The monoisotopic (exact) mass is 324 g/mol. The molecule has 23 heavy (non-hydrogen) atoms. The first kappa shape index (κ1) is 18.9. The van der Waals surface area contributed by atoms with E-state index in [1.807, 2.05) is 0 Å². The highest BCUT2D eigenvalue weighted by Crippen LogP contribution is 2.24. The molecule has 7 nitrogen and oxygen atoms in total. The number of amides is 1. The summed E-state index contributed by atoms with van der Waals surface area (Å²) < 4.78 is 9.98. The van der Waals surface area contributed by atoms with Gasteiger partial charge in [-0.25, -0.2) is 9.59 Å². The minimum atomic E-state index is -1.92. The number of carbonyl (C=O) groups is 2. The number of hydrogen-bond acceptors (Lipinski definition) is 6. The number of esters is 1. The molecule has 0 radical (unpaired) electrons. The predicted molar refractivity (Wildman–Crippen MR) is 85.9 cm³/mol. The van der Waals surface area contributed by atoms with Gasteiger partial charge >= 0.3 is 12.1 Å². The molecule has 1 rings (SSSR count). The van der Waals surface area contributed by atoms with Gasteiger partial charge in [-0.3, -0.25) is 5.32 Å². The molecule has 0 spiro atoms. The van der Waals surface area contributed by atoms with Crippen LogP contribution in [0.5, 0.6) is 0 Å². The summed E-state index contributed by atoms with van der Waals surface area (Å²) in [6.07, 6.45) is -0.593. The Kier molecular flexibility index (Phi) is 6.12. The van der Waals surface area contributed by atoms with E-state index in [2.05, 4.69) is 5.32 Å². The van der Waals surface area contributed by atoms with E-state index in [9.17, 15) is 14.7 Å². The lowest BCUT2D eigenvalue weighted by atomic mass is 9.94. The number of nitrogens with one attached hydrogen (secondary N) is 1. The van der Waals surface area contributed by atoms with E-state index in [0.29, 0.717) is 5.69 Å². The molecular formula is C16H24N2O5. The number of aliphatic hydroxyl groups is 1. The molecule has 0 aliphatic rings. The highest BCUT2D eigenvalue weighted by molar-refractivity contribution is 5.85. The normalized spacial score (nSPS) is 13.8. The highest BCUT2D eigenvalue weighted by Gasteiger charge is 2.38. The quantitative estimate of drug-likeness (QED) is 0.712. The van der Waals surface area contributed by atoms with Crippen LogP contribution in [-0.2, 0) is 19.9 Å². The van der Waals surface area contributed by atoms with Gasteiger partial charge in [-0.2, -0.15) is 0 Å². The molecule has 0 saturated carbocycles. The van der Waals surface area contributed by atoms with Crippen LogP contribution < -0.4 is 11.1 Å². The van der Waals surface area contributed by atoms with Crippen molar-refractivity contribution in [2.75, 3.05) is 18.5 Å². The standard InChI is InChI=1S/C16H24N2O5/c1-5-22-13(19)16(21,10-17)11-6-8-12(9-7-11)18-14(20)23-15(2,3)4/h6-9,21H,5,10,17H2,1-4H3,(H,18,20). The van der Waals surface area contributed by atoms with Crippen LogP contribution in [0.2, 0.25) is 0 Å². The lowest BCUT2D eigenvalue weighted by molar-refractivity contribution is -0.165. The first-order chi connectivity index (χ1) is 10.6. The zero-order valence-corrected chi connectivity index (χ0v) is 13.9. The lowest BCUT2D eigenvalue weighted by Gasteiger charge is -2.24. The van der Waals surface area contributed by atoms with Crippen LogP contribution in [0.1, 0.15) is 33.3 Å². The molecule has 0 aliphatic carbocycles. The van der Waals surface area contributed by atoms with E-state index in [-0.39, 0.29) is 18.7 Å². The van der Waals surface area contributed by atoms with Crippen molar-refractivity contribution in [1.82, 2.24) is 0 Å². The Labute approximate surface area is 135 Å². The van der Waals surface area contributed by atoms with Gasteiger partial charge in [0.05, 0.1) is 6.61 Å². The summed E-state index contributed by atoms with van der Waals surface area (Å²) in [4.78, 5) is 23.6. The van der Waals surface area contributed by atoms with Gasteiger partial charge in [0.15, 0.2) is 5.60 Å². The number of benzene rings is 1. The maximum atomic E-state index is 11.9. The third-order valence-corrected chi connectivity index (χ3v) is 2.92. The summed E-state index contributed by atoms with van der Waals surface area (Å²) in [6, 6.07) is 6.07. The number of rotatable bonds is 5. The van der Waals surface area contributed by atoms with Gasteiger partial charge < -0.3 is 20.3 Å². The Morgan fingerprint density at radius 3 is 2.22 bits per heavy atom. The molecule has 128 valence electrons. The summed E-state index contributed by atoms with van der Waals surface area (Å²) in [6.45, 7) is 6.75. The summed E-state index contributed by atoms with van der Waals surface area (Å²) in [5, 5.41) is 13.0. The Hall–Kier alpha value is -2.12. The van der Waals surface area contributed by atoms with Crippen molar-refractivity contribution in [2.45, 2.75) is 38.9 Å². The second-order valence-electron chi connectivity index (χ2n) is 5.99. The Balaban J connectivity index is 2.87. The second-order valence-corrected chi connectivity index (χ2v) is 5.99. The Morgan fingerprint density at radius 1 is 1.22 bits per heavy atom. The molecule has 0 heterocycles. The van der Waals surface area contributed by atoms with Crippen molar-refractivity contribution >= 4 is 17.7 Å². The van der Waals surface area contributed by atoms with Crippen molar-refractivity contribution in [1.29, 1.82) is 0 Å². The highest BCUT2D eigenvalue weighted by atomic mass is 16.6. The maximum absolute atomic E-state index is 11.9. The number of nitrogens with two attached hydrogens (primary N) is 1. The largest absolute Gasteiger partial charge is 0.464 e. The van der Waals surface area contributed by atoms with Crippen molar-refractivity contribution in [3.8, 4) is 0 Å². The molecule has 4 N–H and O–H groups in total. The molecule has 0 aromatic heterocycles. The van der Waals surface area contributed by atoms with Crippen LogP contribution in [0.4, 0.5) is 10.5 Å². The summed E-state index contributed by atoms with van der Waals surface area (Å²) in [5.41, 5.74) is 3.75. The number of ether oxygens (including phenoxy) is 2. The van der Waals surface area contributed by atoms with Crippen LogP contribution in [0, 0.1) is 0 Å². The maximum Gasteiger partial charge on any atom is 0.412 e. The van der Waals surface area contributed by atoms with Gasteiger partial charge in [-0.05, 0) is 45.4 Å². The fourth-order valence-electron chi connectivity index (χ4n) is 1.82. The van der Waals surface area contributed by atoms with Crippen LogP contribution in [0.3, 0.4) is 0 Å². The van der Waals surface area contributed by atoms with Crippen molar-refractivity contribution < 1.29 is 24.2 Å². The van der Waals surface area contributed by atoms with Crippen LogP contribution >= 0.6 is 0 Å². The van der Waals surface area contributed by atoms with Gasteiger partial charge in [-0.1, -0.05) is 12.1 Å². The Morgan fingerprint density at radius 2 is 1.78 bits per heavy atom. The molecule has 1 aromatic carbocycles. The zero-order chi connectivity index (χ0) is 17.7. The first-order valence-electron chi connectivity index (χ1n) is 7.32. The van der Waals surface area contributed by atoms with Gasteiger partial charge in [0.25, 0.3) is 0 Å². The minimum absolute atomic E-state index is 0.138. The van der Waals surface area contributed by atoms with Gasteiger partial charge in [0.1, 0.15) is 5.60 Å². The molecule has 1 aromatic rings. The fraction of sp³-hybridized carbons (Fsp3) is 0.500.